The minimum Gasteiger partial charge on any atom is -0.493 e. The summed E-state index contributed by atoms with van der Waals surface area (Å²) in [5.74, 6) is 0.551. The van der Waals surface area contributed by atoms with Gasteiger partial charge in [0, 0.05) is 24.6 Å². The number of carbonyl (C=O) groups excluding carboxylic acids is 1. The first-order chi connectivity index (χ1) is 17.3. The average molecular weight is 520 g/mol. The molecule has 0 atom stereocenters. The third kappa shape index (κ3) is 7.06. The zero-order chi connectivity index (χ0) is 27.4. The van der Waals surface area contributed by atoms with Gasteiger partial charge in [0.25, 0.3) is 5.56 Å². The predicted octanol–water partition coefficient (Wildman–Crippen LogP) is 4.76. The predicted molar refractivity (Wildman–Crippen MR) is 133 cm³/mol. The molecule has 3 rings (SSSR count). The van der Waals surface area contributed by atoms with Gasteiger partial charge < -0.3 is 25.5 Å². The van der Waals surface area contributed by atoms with Crippen LogP contribution in [0.1, 0.15) is 37.6 Å². The summed E-state index contributed by atoms with van der Waals surface area (Å²) in [5.41, 5.74) is -0.947. The molecular weight excluding hydrogens is 491 g/mol. The van der Waals surface area contributed by atoms with E-state index in [1.807, 2.05) is 0 Å². The van der Waals surface area contributed by atoms with Gasteiger partial charge in [-0.2, -0.15) is 13.2 Å². The Kier molecular flexibility index (Phi) is 8.22. The summed E-state index contributed by atoms with van der Waals surface area (Å²) in [6.07, 6.45) is -1.86. The van der Waals surface area contributed by atoms with Gasteiger partial charge in [0.05, 0.1) is 35.3 Å². The second kappa shape index (κ2) is 11.0. The molecule has 2 aromatic heterocycles. The Morgan fingerprint density at radius 2 is 1.92 bits per heavy atom. The van der Waals surface area contributed by atoms with Crippen molar-refractivity contribution >= 4 is 17.4 Å². The summed E-state index contributed by atoms with van der Waals surface area (Å²) in [6, 6.07) is 4.02. The lowest BCUT2D eigenvalue weighted by molar-refractivity contribution is -0.138. The lowest BCUT2D eigenvalue weighted by atomic mass is 9.85. The third-order valence-corrected chi connectivity index (χ3v) is 5.42. The molecule has 3 aromatic rings. The molecule has 0 fully saturated rings. The minimum absolute atomic E-state index is 0.00795. The number of alkyl halides is 3. The van der Waals surface area contributed by atoms with Crippen LogP contribution in [0.15, 0.2) is 41.5 Å². The Morgan fingerprint density at radius 3 is 2.54 bits per heavy atom. The topological polar surface area (TPSA) is 129 Å². The van der Waals surface area contributed by atoms with Crippen LogP contribution in [0.2, 0.25) is 0 Å². The van der Waals surface area contributed by atoms with E-state index in [0.717, 1.165) is 6.07 Å². The molecule has 0 aliphatic carbocycles. The quantitative estimate of drug-likeness (QED) is 0.340. The number of urea groups is 1. The van der Waals surface area contributed by atoms with Crippen LogP contribution < -0.4 is 20.9 Å². The number of carbonyl (C=O) groups is 1. The number of pyridine rings is 1. The van der Waals surface area contributed by atoms with Crippen LogP contribution in [-0.2, 0) is 12.6 Å². The number of hydrogen-bond donors (Lipinski definition) is 4. The van der Waals surface area contributed by atoms with Gasteiger partial charge in [-0.25, -0.2) is 14.8 Å². The summed E-state index contributed by atoms with van der Waals surface area (Å²) < 4.78 is 46.5. The molecule has 0 aliphatic heterocycles. The fourth-order valence-corrected chi connectivity index (χ4v) is 3.55. The van der Waals surface area contributed by atoms with Crippen LogP contribution in [0.5, 0.6) is 5.75 Å². The minimum atomic E-state index is -4.64. The lowest BCUT2D eigenvalue weighted by Gasteiger charge is -2.24. The third-order valence-electron chi connectivity index (χ3n) is 5.42. The largest absolute Gasteiger partial charge is 0.493 e. The Balaban J connectivity index is 1.79. The maximum Gasteiger partial charge on any atom is 0.416 e. The molecule has 0 unspecified atom stereocenters. The van der Waals surface area contributed by atoms with Crippen LogP contribution in [0, 0.1) is 12.3 Å². The molecule has 0 spiro atoms. The summed E-state index contributed by atoms with van der Waals surface area (Å²) in [5, 5.41) is 14.4. The number of ether oxygens (including phenoxy) is 1. The number of benzene rings is 1. The molecule has 1 aromatic carbocycles. The number of aromatic nitrogens is 3. The summed E-state index contributed by atoms with van der Waals surface area (Å²) in [4.78, 5) is 35.2. The molecule has 0 saturated carbocycles. The van der Waals surface area contributed by atoms with E-state index in [0.29, 0.717) is 23.6 Å². The van der Waals surface area contributed by atoms with Crippen molar-refractivity contribution < 1.29 is 27.8 Å². The number of H-pyrrole nitrogens is 1. The van der Waals surface area contributed by atoms with Crippen molar-refractivity contribution in [1.82, 2.24) is 15.0 Å². The van der Waals surface area contributed by atoms with Gasteiger partial charge in [-0.3, -0.25) is 4.79 Å². The van der Waals surface area contributed by atoms with Crippen molar-refractivity contribution in [3.05, 3.63) is 63.8 Å². The standard InChI is InChI=1S/C25H28F3N5O4/c1-5-37-20-9-21(35)29-11-17(20)22-30-12-19(14(2)31-22)33-23(36)32-16-7-6-15(10-24(3,4)13-34)18(8-16)25(26,27)28/h6-9,11-12,34H,5,10,13H2,1-4H3,(H,29,35)(H2,32,33,36). The number of aryl methyl sites for hydroxylation is 1. The van der Waals surface area contributed by atoms with Crippen molar-refractivity contribution in [2.45, 2.75) is 40.3 Å². The fraction of sp³-hybridized carbons (Fsp3) is 0.360. The summed E-state index contributed by atoms with van der Waals surface area (Å²) in [6.45, 7) is 6.76. The summed E-state index contributed by atoms with van der Waals surface area (Å²) >= 11 is 0. The van der Waals surface area contributed by atoms with Crippen LogP contribution in [0.4, 0.5) is 29.3 Å². The number of aliphatic hydroxyl groups excluding tert-OH is 1. The molecule has 2 amide bonds. The van der Waals surface area contributed by atoms with Gasteiger partial charge >= 0.3 is 12.2 Å². The van der Waals surface area contributed by atoms with Gasteiger partial charge in [0.15, 0.2) is 5.82 Å². The van der Waals surface area contributed by atoms with Crippen LogP contribution >= 0.6 is 0 Å². The number of halogens is 3. The highest BCUT2D eigenvalue weighted by Gasteiger charge is 2.35. The van der Waals surface area contributed by atoms with E-state index in [1.165, 1.54) is 30.6 Å². The van der Waals surface area contributed by atoms with E-state index in [2.05, 4.69) is 25.6 Å². The van der Waals surface area contributed by atoms with Crippen LogP contribution in [0.3, 0.4) is 0 Å². The highest BCUT2D eigenvalue weighted by molar-refractivity contribution is 6.00. The Morgan fingerprint density at radius 1 is 1.19 bits per heavy atom. The number of aromatic amines is 1. The second-order valence-corrected chi connectivity index (χ2v) is 9.15. The fourth-order valence-electron chi connectivity index (χ4n) is 3.55. The normalized spacial score (nSPS) is 11.8. The highest BCUT2D eigenvalue weighted by atomic mass is 19.4. The molecule has 12 heteroatoms. The van der Waals surface area contributed by atoms with Crippen molar-refractivity contribution in [3.63, 3.8) is 0 Å². The van der Waals surface area contributed by atoms with E-state index in [-0.39, 0.29) is 41.3 Å². The number of rotatable bonds is 8. The lowest BCUT2D eigenvalue weighted by Crippen LogP contribution is -2.23. The van der Waals surface area contributed by atoms with Crippen LogP contribution in [-0.4, -0.2) is 39.3 Å². The molecule has 4 N–H and O–H groups in total. The number of aliphatic hydroxyl groups is 1. The average Bonchev–Trinajstić information content (AvgIpc) is 2.81. The molecule has 9 nitrogen and oxygen atoms in total. The van der Waals surface area contributed by atoms with Crippen LogP contribution in [0.25, 0.3) is 11.4 Å². The van der Waals surface area contributed by atoms with Gasteiger partial charge in [-0.05, 0) is 43.4 Å². The molecule has 37 heavy (non-hydrogen) atoms. The molecule has 0 aliphatic rings. The first-order valence-electron chi connectivity index (χ1n) is 11.4. The maximum absolute atomic E-state index is 13.7. The smallest absolute Gasteiger partial charge is 0.416 e. The molecule has 2 heterocycles. The zero-order valence-electron chi connectivity index (χ0n) is 20.8. The van der Waals surface area contributed by atoms with E-state index < -0.39 is 23.2 Å². The summed E-state index contributed by atoms with van der Waals surface area (Å²) in [7, 11) is 0. The Bertz CT molecular complexity index is 1340. The Hall–Kier alpha value is -3.93. The number of anilines is 2. The molecule has 0 bridgehead atoms. The van der Waals surface area contributed by atoms with E-state index in [9.17, 15) is 27.9 Å². The second-order valence-electron chi connectivity index (χ2n) is 9.15. The molecule has 0 saturated heterocycles. The monoisotopic (exact) mass is 519 g/mol. The van der Waals surface area contributed by atoms with Crippen molar-refractivity contribution in [3.8, 4) is 17.1 Å². The van der Waals surface area contributed by atoms with E-state index in [1.54, 1.807) is 27.7 Å². The van der Waals surface area contributed by atoms with Crippen molar-refractivity contribution in [2.24, 2.45) is 5.41 Å². The SMILES string of the molecule is CCOc1cc(=O)[nH]cc1-c1ncc(NC(=O)Nc2ccc(CC(C)(C)CO)c(C(F)(F)F)c2)c(C)n1. The maximum atomic E-state index is 13.7. The molecule has 0 radical (unpaired) electrons. The van der Waals surface area contributed by atoms with Crippen molar-refractivity contribution in [2.75, 3.05) is 23.8 Å². The van der Waals surface area contributed by atoms with Gasteiger partial charge in [0.1, 0.15) is 5.75 Å². The number of nitrogens with one attached hydrogen (secondary N) is 3. The van der Waals surface area contributed by atoms with Gasteiger partial charge in [-0.1, -0.05) is 19.9 Å². The van der Waals surface area contributed by atoms with Gasteiger partial charge in [0.2, 0.25) is 0 Å². The van der Waals surface area contributed by atoms with E-state index in [4.69, 9.17) is 4.74 Å². The molecular formula is C25H28F3N5O4. The first kappa shape index (κ1) is 27.7. The zero-order valence-corrected chi connectivity index (χ0v) is 20.8. The molecule has 198 valence electrons. The van der Waals surface area contributed by atoms with E-state index >= 15 is 0 Å². The highest BCUT2D eigenvalue weighted by Crippen LogP contribution is 2.36. The Labute approximate surface area is 211 Å². The van der Waals surface area contributed by atoms with Crippen molar-refractivity contribution in [1.29, 1.82) is 0 Å². The number of nitrogens with zero attached hydrogens (tertiary/aromatic N) is 2. The number of amides is 2. The van der Waals surface area contributed by atoms with Gasteiger partial charge in [-0.15, -0.1) is 0 Å². The number of hydrogen-bond acceptors (Lipinski definition) is 6. The first-order valence-corrected chi connectivity index (χ1v) is 11.4.